The third-order valence-corrected chi connectivity index (χ3v) is 6.37. The van der Waals surface area contributed by atoms with E-state index in [9.17, 15) is 17.6 Å². The molecular formula is C15H12Br2FNO4S. The monoisotopic (exact) mass is 479 g/mol. The van der Waals surface area contributed by atoms with Gasteiger partial charge >= 0.3 is 5.97 Å². The van der Waals surface area contributed by atoms with E-state index < -0.39 is 27.9 Å². The van der Waals surface area contributed by atoms with Crippen LogP contribution in [0.1, 0.15) is 11.6 Å². The van der Waals surface area contributed by atoms with Gasteiger partial charge in [-0.15, -0.1) is 0 Å². The summed E-state index contributed by atoms with van der Waals surface area (Å²) in [4.78, 5) is 11.8. The number of sulfonamides is 1. The number of halogens is 3. The van der Waals surface area contributed by atoms with Crippen molar-refractivity contribution in [3.63, 3.8) is 0 Å². The van der Waals surface area contributed by atoms with Gasteiger partial charge < -0.3 is 4.74 Å². The molecule has 0 saturated heterocycles. The summed E-state index contributed by atoms with van der Waals surface area (Å²) >= 11 is 6.06. The van der Waals surface area contributed by atoms with E-state index in [0.29, 0.717) is 5.56 Å². The minimum Gasteiger partial charge on any atom is -0.468 e. The molecule has 0 fully saturated rings. The largest absolute Gasteiger partial charge is 0.468 e. The average Bonchev–Trinajstić information content (AvgIpc) is 2.51. The maximum atomic E-state index is 13.4. The Labute approximate surface area is 155 Å². The highest BCUT2D eigenvalue weighted by Crippen LogP contribution is 2.32. The third kappa shape index (κ3) is 4.21. The predicted molar refractivity (Wildman–Crippen MR) is 93.3 cm³/mol. The molecule has 1 atom stereocenters. The van der Waals surface area contributed by atoms with Crippen LogP contribution in [0.25, 0.3) is 0 Å². The van der Waals surface area contributed by atoms with Crippen LogP contribution in [0, 0.1) is 5.82 Å². The van der Waals surface area contributed by atoms with E-state index in [2.05, 4.69) is 41.3 Å². The molecule has 9 heteroatoms. The van der Waals surface area contributed by atoms with Crippen LogP contribution in [0.5, 0.6) is 0 Å². The van der Waals surface area contributed by atoms with Crippen LogP contribution in [-0.2, 0) is 19.6 Å². The molecule has 0 bridgehead atoms. The van der Waals surface area contributed by atoms with Gasteiger partial charge in [-0.3, -0.25) is 0 Å². The Morgan fingerprint density at radius 3 is 2.21 bits per heavy atom. The van der Waals surface area contributed by atoms with Gasteiger partial charge in [0.15, 0.2) is 0 Å². The first-order valence-corrected chi connectivity index (χ1v) is 9.63. The molecule has 1 unspecified atom stereocenters. The number of ether oxygens (including phenoxy) is 1. The molecule has 0 aliphatic rings. The second-order valence-corrected chi connectivity index (χ2v) is 8.05. The smallest absolute Gasteiger partial charge is 0.328 e. The van der Waals surface area contributed by atoms with Crippen molar-refractivity contribution in [3.05, 3.63) is 62.8 Å². The van der Waals surface area contributed by atoms with Gasteiger partial charge in [0.25, 0.3) is 0 Å². The summed E-state index contributed by atoms with van der Waals surface area (Å²) < 4.78 is 45.8. The molecule has 0 aliphatic heterocycles. The first kappa shape index (κ1) is 19.0. The number of nitrogens with one attached hydrogen (secondary N) is 1. The van der Waals surface area contributed by atoms with Crippen molar-refractivity contribution in [2.75, 3.05) is 7.11 Å². The highest BCUT2D eigenvalue weighted by molar-refractivity contribution is 9.11. The van der Waals surface area contributed by atoms with Gasteiger partial charge in [-0.05, 0) is 49.6 Å². The summed E-state index contributed by atoms with van der Waals surface area (Å²) in [5, 5.41) is 0. The Morgan fingerprint density at radius 1 is 1.17 bits per heavy atom. The van der Waals surface area contributed by atoms with E-state index in [1.165, 1.54) is 0 Å². The summed E-state index contributed by atoms with van der Waals surface area (Å²) in [6.45, 7) is 0. The fourth-order valence-corrected chi connectivity index (χ4v) is 5.72. The zero-order valence-electron chi connectivity index (χ0n) is 12.3. The van der Waals surface area contributed by atoms with Gasteiger partial charge in [0.1, 0.15) is 16.8 Å². The molecule has 128 valence electrons. The predicted octanol–water partition coefficient (Wildman–Crippen LogP) is 3.54. The number of esters is 1. The van der Waals surface area contributed by atoms with Crippen LogP contribution < -0.4 is 4.72 Å². The third-order valence-electron chi connectivity index (χ3n) is 3.07. The zero-order valence-corrected chi connectivity index (χ0v) is 16.3. The molecule has 0 aromatic heterocycles. The Hall–Kier alpha value is -1.29. The van der Waals surface area contributed by atoms with Crippen LogP contribution in [0.3, 0.4) is 0 Å². The standard InChI is InChI=1S/C15H12Br2FNO4S/c1-23-15(20)13(9-5-3-2-4-6-9)19-24(21,22)14-11(16)7-10(18)8-12(14)17/h2-8,13,19H,1H3. The topological polar surface area (TPSA) is 72.5 Å². The molecule has 0 amide bonds. The normalized spacial score (nSPS) is 12.7. The number of carbonyl (C=O) groups excluding carboxylic acids is 1. The van der Waals surface area contributed by atoms with Gasteiger partial charge in [-0.2, -0.15) is 4.72 Å². The van der Waals surface area contributed by atoms with Crippen molar-refractivity contribution >= 4 is 47.9 Å². The van der Waals surface area contributed by atoms with Crippen LogP contribution in [0.2, 0.25) is 0 Å². The second kappa shape index (κ2) is 7.73. The van der Waals surface area contributed by atoms with E-state index in [1.807, 2.05) is 0 Å². The van der Waals surface area contributed by atoms with Gasteiger partial charge in [-0.25, -0.2) is 17.6 Å². The van der Waals surface area contributed by atoms with Gasteiger partial charge in [-0.1, -0.05) is 30.3 Å². The summed E-state index contributed by atoms with van der Waals surface area (Å²) in [5.41, 5.74) is 0.419. The molecule has 5 nitrogen and oxygen atoms in total. The van der Waals surface area contributed by atoms with E-state index >= 15 is 0 Å². The van der Waals surface area contributed by atoms with Crippen LogP contribution in [0.15, 0.2) is 56.3 Å². The van der Waals surface area contributed by atoms with Crippen molar-refractivity contribution in [1.82, 2.24) is 4.72 Å². The van der Waals surface area contributed by atoms with E-state index in [-0.39, 0.29) is 13.8 Å². The van der Waals surface area contributed by atoms with Gasteiger partial charge in [0.2, 0.25) is 10.0 Å². The Balaban J connectivity index is 2.47. The molecule has 0 radical (unpaired) electrons. The van der Waals surface area contributed by atoms with Crippen molar-refractivity contribution in [2.45, 2.75) is 10.9 Å². The lowest BCUT2D eigenvalue weighted by atomic mass is 10.1. The number of rotatable bonds is 5. The lowest BCUT2D eigenvalue weighted by molar-refractivity contribution is -0.142. The van der Waals surface area contributed by atoms with E-state index in [0.717, 1.165) is 19.2 Å². The average molecular weight is 481 g/mol. The summed E-state index contributed by atoms with van der Waals surface area (Å²) in [6.07, 6.45) is 0. The molecule has 2 rings (SSSR count). The Kier molecular flexibility index (Phi) is 6.13. The molecule has 0 heterocycles. The van der Waals surface area contributed by atoms with Crippen LogP contribution in [-0.4, -0.2) is 21.5 Å². The molecule has 0 aliphatic carbocycles. The number of hydrogen-bond donors (Lipinski definition) is 1. The fourth-order valence-electron chi connectivity index (χ4n) is 2.02. The van der Waals surface area contributed by atoms with Gasteiger partial charge in [0, 0.05) is 8.95 Å². The van der Waals surface area contributed by atoms with E-state index in [4.69, 9.17) is 0 Å². The lowest BCUT2D eigenvalue weighted by Gasteiger charge is -2.18. The molecule has 0 spiro atoms. The summed E-state index contributed by atoms with van der Waals surface area (Å²) in [5.74, 6) is -1.38. The molecule has 24 heavy (non-hydrogen) atoms. The van der Waals surface area contributed by atoms with Crippen molar-refractivity contribution in [2.24, 2.45) is 0 Å². The highest BCUT2D eigenvalue weighted by Gasteiger charge is 2.30. The second-order valence-electron chi connectivity index (χ2n) is 4.69. The molecule has 1 N–H and O–H groups in total. The summed E-state index contributed by atoms with van der Waals surface area (Å²) in [6, 6.07) is 9.08. The van der Waals surface area contributed by atoms with Crippen molar-refractivity contribution in [3.8, 4) is 0 Å². The number of benzene rings is 2. The first-order chi connectivity index (χ1) is 11.3. The highest BCUT2D eigenvalue weighted by atomic mass is 79.9. The fraction of sp³-hybridized carbons (Fsp3) is 0.133. The quantitative estimate of drug-likeness (QED) is 0.664. The molecule has 2 aromatic rings. The molecule has 0 saturated carbocycles. The Morgan fingerprint density at radius 2 is 1.71 bits per heavy atom. The zero-order chi connectivity index (χ0) is 17.9. The minimum atomic E-state index is -4.15. The van der Waals surface area contributed by atoms with E-state index in [1.54, 1.807) is 30.3 Å². The lowest BCUT2D eigenvalue weighted by Crippen LogP contribution is -2.35. The number of hydrogen-bond acceptors (Lipinski definition) is 4. The maximum Gasteiger partial charge on any atom is 0.328 e. The molecular weight excluding hydrogens is 469 g/mol. The summed E-state index contributed by atoms with van der Waals surface area (Å²) in [7, 11) is -2.99. The SMILES string of the molecule is COC(=O)C(NS(=O)(=O)c1c(Br)cc(F)cc1Br)c1ccccc1. The molecule has 2 aromatic carbocycles. The van der Waals surface area contributed by atoms with Gasteiger partial charge in [0.05, 0.1) is 7.11 Å². The van der Waals surface area contributed by atoms with Crippen LogP contribution >= 0.6 is 31.9 Å². The van der Waals surface area contributed by atoms with Crippen molar-refractivity contribution in [1.29, 1.82) is 0 Å². The van der Waals surface area contributed by atoms with Crippen molar-refractivity contribution < 1.29 is 22.3 Å². The van der Waals surface area contributed by atoms with Crippen LogP contribution in [0.4, 0.5) is 4.39 Å². The first-order valence-electron chi connectivity index (χ1n) is 6.56. The number of carbonyl (C=O) groups is 1. The minimum absolute atomic E-state index is 0.0264. The Bertz CT molecular complexity index is 836. The number of methoxy groups -OCH3 is 1. The maximum absolute atomic E-state index is 13.4.